The molecule has 0 saturated carbocycles. The van der Waals surface area contributed by atoms with Gasteiger partial charge in [0.25, 0.3) is 0 Å². The number of nitrogens with zero attached hydrogens (tertiary/aromatic N) is 2. The third kappa shape index (κ3) is 0.943. The maximum atomic E-state index is 11.4. The van der Waals surface area contributed by atoms with Crippen LogP contribution in [0.3, 0.4) is 0 Å². The summed E-state index contributed by atoms with van der Waals surface area (Å²) in [7, 11) is 0. The SMILES string of the molecule is O=c1ncc2cccc3c2n1C=CS3. The largest absolute Gasteiger partial charge is 0.352 e. The molecule has 0 unspecified atom stereocenters. The molecular formula is C10H6N2OS. The van der Waals surface area contributed by atoms with Gasteiger partial charge in [0.05, 0.1) is 5.52 Å². The van der Waals surface area contributed by atoms with Crippen molar-refractivity contribution < 1.29 is 0 Å². The molecule has 1 aromatic carbocycles. The average Bonchev–Trinajstić information content (AvgIpc) is 2.24. The number of aromatic nitrogens is 2. The zero-order chi connectivity index (χ0) is 9.54. The van der Waals surface area contributed by atoms with Gasteiger partial charge in [-0.2, -0.15) is 0 Å². The summed E-state index contributed by atoms with van der Waals surface area (Å²) in [5.41, 5.74) is 0.738. The van der Waals surface area contributed by atoms with Gasteiger partial charge in [0.2, 0.25) is 0 Å². The van der Waals surface area contributed by atoms with E-state index < -0.39 is 0 Å². The highest BCUT2D eigenvalue weighted by atomic mass is 32.2. The summed E-state index contributed by atoms with van der Waals surface area (Å²) < 4.78 is 1.58. The van der Waals surface area contributed by atoms with E-state index in [0.29, 0.717) is 0 Å². The molecule has 2 aromatic rings. The first-order valence-corrected chi connectivity index (χ1v) is 5.08. The first kappa shape index (κ1) is 7.82. The Morgan fingerprint density at radius 3 is 3.21 bits per heavy atom. The van der Waals surface area contributed by atoms with Crippen LogP contribution in [-0.4, -0.2) is 9.55 Å². The first-order valence-electron chi connectivity index (χ1n) is 4.20. The van der Waals surface area contributed by atoms with Crippen molar-refractivity contribution in [3.8, 4) is 0 Å². The highest BCUT2D eigenvalue weighted by Gasteiger charge is 2.09. The van der Waals surface area contributed by atoms with Crippen LogP contribution in [0.1, 0.15) is 0 Å². The van der Waals surface area contributed by atoms with Crippen LogP contribution in [0, 0.1) is 0 Å². The molecule has 3 rings (SSSR count). The van der Waals surface area contributed by atoms with Crippen molar-refractivity contribution in [3.05, 3.63) is 40.3 Å². The minimum atomic E-state index is -0.221. The van der Waals surface area contributed by atoms with Crippen LogP contribution >= 0.6 is 11.8 Å². The van der Waals surface area contributed by atoms with Crippen LogP contribution in [-0.2, 0) is 0 Å². The lowest BCUT2D eigenvalue weighted by atomic mass is 10.2. The van der Waals surface area contributed by atoms with E-state index in [1.807, 2.05) is 23.6 Å². The second kappa shape index (κ2) is 2.72. The van der Waals surface area contributed by atoms with E-state index in [9.17, 15) is 4.79 Å². The fourth-order valence-electron chi connectivity index (χ4n) is 1.58. The third-order valence-electron chi connectivity index (χ3n) is 2.20. The molecule has 0 bridgehead atoms. The molecule has 4 heteroatoms. The van der Waals surface area contributed by atoms with Crippen molar-refractivity contribution in [2.24, 2.45) is 0 Å². The minimum Gasteiger partial charge on any atom is -0.266 e. The molecule has 0 spiro atoms. The van der Waals surface area contributed by atoms with Gasteiger partial charge >= 0.3 is 5.69 Å². The second-order valence-corrected chi connectivity index (χ2v) is 3.96. The summed E-state index contributed by atoms with van der Waals surface area (Å²) in [6.07, 6.45) is 3.38. The Kier molecular flexibility index (Phi) is 1.52. The van der Waals surface area contributed by atoms with Crippen molar-refractivity contribution in [3.63, 3.8) is 0 Å². The molecule has 14 heavy (non-hydrogen) atoms. The smallest absolute Gasteiger partial charge is 0.266 e. The van der Waals surface area contributed by atoms with Crippen molar-refractivity contribution in [2.75, 3.05) is 0 Å². The molecule has 0 fully saturated rings. The average molecular weight is 202 g/mol. The number of hydrogen-bond acceptors (Lipinski definition) is 3. The van der Waals surface area contributed by atoms with Gasteiger partial charge in [0, 0.05) is 22.7 Å². The van der Waals surface area contributed by atoms with E-state index in [0.717, 1.165) is 15.8 Å². The summed E-state index contributed by atoms with van der Waals surface area (Å²) in [5.74, 6) is 0. The summed E-state index contributed by atoms with van der Waals surface area (Å²) >= 11 is 1.62. The zero-order valence-electron chi connectivity index (χ0n) is 7.18. The molecule has 0 aliphatic carbocycles. The van der Waals surface area contributed by atoms with Crippen molar-refractivity contribution >= 4 is 28.9 Å². The predicted molar refractivity (Wildman–Crippen MR) is 57.2 cm³/mol. The van der Waals surface area contributed by atoms with E-state index >= 15 is 0 Å². The first-order chi connectivity index (χ1) is 6.86. The van der Waals surface area contributed by atoms with Gasteiger partial charge in [0.1, 0.15) is 0 Å². The molecule has 68 valence electrons. The second-order valence-electron chi connectivity index (χ2n) is 3.01. The lowest BCUT2D eigenvalue weighted by molar-refractivity contribution is 0.996. The molecule has 0 N–H and O–H groups in total. The topological polar surface area (TPSA) is 34.9 Å². The number of hydrogen-bond donors (Lipinski definition) is 0. The number of para-hydroxylation sites is 1. The summed E-state index contributed by atoms with van der Waals surface area (Å²) in [6, 6.07) is 5.94. The molecule has 1 aromatic heterocycles. The summed E-state index contributed by atoms with van der Waals surface area (Å²) in [5, 5.41) is 2.89. The number of benzene rings is 1. The molecule has 0 radical (unpaired) electrons. The summed E-state index contributed by atoms with van der Waals surface area (Å²) in [4.78, 5) is 16.3. The Balaban J connectivity index is 2.63. The van der Waals surface area contributed by atoms with E-state index in [1.165, 1.54) is 0 Å². The van der Waals surface area contributed by atoms with Crippen LogP contribution in [0.25, 0.3) is 17.1 Å². The predicted octanol–water partition coefficient (Wildman–Crippen LogP) is 1.93. The van der Waals surface area contributed by atoms with Crippen LogP contribution in [0.5, 0.6) is 0 Å². The Morgan fingerprint density at radius 2 is 2.29 bits per heavy atom. The third-order valence-corrected chi connectivity index (χ3v) is 3.04. The molecule has 0 saturated heterocycles. The van der Waals surface area contributed by atoms with E-state index in [2.05, 4.69) is 4.98 Å². The number of thioether (sulfide) groups is 1. The van der Waals surface area contributed by atoms with E-state index in [4.69, 9.17) is 0 Å². The lowest BCUT2D eigenvalue weighted by Gasteiger charge is -2.11. The van der Waals surface area contributed by atoms with Gasteiger partial charge in [-0.15, -0.1) is 0 Å². The van der Waals surface area contributed by atoms with Crippen LogP contribution in [0.2, 0.25) is 0 Å². The van der Waals surface area contributed by atoms with Crippen LogP contribution in [0.4, 0.5) is 0 Å². The normalized spacial score (nSPS) is 13.4. The van der Waals surface area contributed by atoms with Crippen LogP contribution < -0.4 is 5.69 Å². The van der Waals surface area contributed by atoms with E-state index in [1.54, 1.807) is 28.7 Å². The Hall–Kier alpha value is -1.55. The van der Waals surface area contributed by atoms with Crippen LogP contribution in [0.15, 0.2) is 39.5 Å². The minimum absolute atomic E-state index is 0.221. The molecule has 0 amide bonds. The van der Waals surface area contributed by atoms with Crippen molar-refractivity contribution in [1.29, 1.82) is 0 Å². The monoisotopic (exact) mass is 202 g/mol. The van der Waals surface area contributed by atoms with Gasteiger partial charge in [0.15, 0.2) is 0 Å². The highest BCUT2D eigenvalue weighted by molar-refractivity contribution is 8.02. The maximum absolute atomic E-state index is 11.4. The molecule has 3 nitrogen and oxygen atoms in total. The van der Waals surface area contributed by atoms with Gasteiger partial charge in [-0.25, -0.2) is 9.78 Å². The van der Waals surface area contributed by atoms with Crippen molar-refractivity contribution in [2.45, 2.75) is 4.90 Å². The fourth-order valence-corrected chi connectivity index (χ4v) is 2.40. The Labute approximate surface area is 84.1 Å². The fraction of sp³-hybridized carbons (Fsp3) is 0. The molecule has 2 heterocycles. The Bertz CT molecular complexity index is 601. The number of rotatable bonds is 0. The Morgan fingerprint density at radius 1 is 1.36 bits per heavy atom. The summed E-state index contributed by atoms with van der Waals surface area (Å²) in [6.45, 7) is 0. The van der Waals surface area contributed by atoms with Gasteiger partial charge in [-0.3, -0.25) is 4.57 Å². The van der Waals surface area contributed by atoms with Gasteiger partial charge in [-0.1, -0.05) is 23.9 Å². The molecule has 1 aliphatic heterocycles. The quantitative estimate of drug-likeness (QED) is 0.654. The van der Waals surface area contributed by atoms with Gasteiger partial charge < -0.3 is 0 Å². The molecular weight excluding hydrogens is 196 g/mol. The maximum Gasteiger partial charge on any atom is 0.352 e. The van der Waals surface area contributed by atoms with Gasteiger partial charge in [-0.05, 0) is 11.5 Å². The zero-order valence-corrected chi connectivity index (χ0v) is 7.99. The molecule has 0 atom stereocenters. The standard InChI is InChI=1S/C10H6N2OS/c13-10-11-6-7-2-1-3-8-9(7)12(10)4-5-14-8/h1-6H. The highest BCUT2D eigenvalue weighted by Crippen LogP contribution is 2.30. The van der Waals surface area contributed by atoms with E-state index in [-0.39, 0.29) is 5.69 Å². The van der Waals surface area contributed by atoms with Crippen molar-refractivity contribution in [1.82, 2.24) is 9.55 Å². The lowest BCUT2D eigenvalue weighted by Crippen LogP contribution is -2.19. The molecule has 1 aliphatic rings.